The Hall–Kier alpha value is -0.950. The summed E-state index contributed by atoms with van der Waals surface area (Å²) in [6.07, 6.45) is 11.1. The molecule has 1 saturated heterocycles. The zero-order chi connectivity index (χ0) is 21.9. The van der Waals surface area contributed by atoms with Crippen LogP contribution < -0.4 is 4.72 Å². The van der Waals surface area contributed by atoms with E-state index in [-0.39, 0.29) is 5.54 Å². The van der Waals surface area contributed by atoms with E-state index in [0.29, 0.717) is 11.4 Å². The Bertz CT molecular complexity index is 850. The van der Waals surface area contributed by atoms with Crippen LogP contribution in [0.5, 0.6) is 0 Å². The summed E-state index contributed by atoms with van der Waals surface area (Å²) in [7, 11) is -3.47. The van der Waals surface area contributed by atoms with Gasteiger partial charge in [0.25, 0.3) is 0 Å². The second-order valence-corrected chi connectivity index (χ2v) is 12.0. The summed E-state index contributed by atoms with van der Waals surface area (Å²) < 4.78 is 28.9. The van der Waals surface area contributed by atoms with Crippen LogP contribution in [0.4, 0.5) is 0 Å². The summed E-state index contributed by atoms with van der Waals surface area (Å²) in [5.41, 5.74) is 2.63. The highest BCUT2D eigenvalue weighted by molar-refractivity contribution is 7.89. The maximum absolute atomic E-state index is 13.0. The molecule has 6 heteroatoms. The number of likely N-dealkylation sites (tertiary alicyclic amines) is 1. The summed E-state index contributed by atoms with van der Waals surface area (Å²) in [6.45, 7) is 10.3. The molecule has 1 unspecified atom stereocenters. The molecule has 3 aliphatic rings. The van der Waals surface area contributed by atoms with Crippen LogP contribution in [-0.2, 0) is 23.0 Å². The number of hydrogen-bond acceptors (Lipinski definition) is 4. The lowest BCUT2D eigenvalue weighted by molar-refractivity contribution is 0.155. The third-order valence-corrected chi connectivity index (χ3v) is 9.52. The first-order valence-corrected chi connectivity index (χ1v) is 14.0. The fraction of sp³-hybridized carbons (Fsp3) is 0.760. The van der Waals surface area contributed by atoms with Crippen molar-refractivity contribution >= 4 is 10.0 Å². The minimum Gasteiger partial charge on any atom is -0.298 e. The van der Waals surface area contributed by atoms with Gasteiger partial charge in [-0.2, -0.15) is 0 Å². The average Bonchev–Trinajstić information content (AvgIpc) is 3.14. The quantitative estimate of drug-likeness (QED) is 0.650. The minimum absolute atomic E-state index is 0.118. The topological polar surface area (TPSA) is 52.7 Å². The molecular formula is C25H41N3O2S. The van der Waals surface area contributed by atoms with Crippen molar-refractivity contribution < 1.29 is 8.42 Å². The fourth-order valence-electron chi connectivity index (χ4n) is 6.09. The Labute approximate surface area is 189 Å². The van der Waals surface area contributed by atoms with Gasteiger partial charge >= 0.3 is 0 Å². The lowest BCUT2D eigenvalue weighted by atomic mass is 9.88. The molecule has 31 heavy (non-hydrogen) atoms. The number of sulfonamides is 1. The second-order valence-electron chi connectivity index (χ2n) is 10.2. The second kappa shape index (κ2) is 9.90. The van der Waals surface area contributed by atoms with Crippen molar-refractivity contribution in [2.45, 2.75) is 88.6 Å². The van der Waals surface area contributed by atoms with Crippen LogP contribution in [-0.4, -0.2) is 56.5 Å². The summed E-state index contributed by atoms with van der Waals surface area (Å²) >= 11 is 0. The Morgan fingerprint density at radius 2 is 1.90 bits per heavy atom. The van der Waals surface area contributed by atoms with Crippen molar-refractivity contribution in [2.24, 2.45) is 5.92 Å². The molecule has 5 nitrogen and oxygen atoms in total. The van der Waals surface area contributed by atoms with Crippen LogP contribution in [0, 0.1) is 5.92 Å². The molecule has 0 bridgehead atoms. The van der Waals surface area contributed by atoms with Gasteiger partial charge in [-0.05, 0) is 87.7 Å². The van der Waals surface area contributed by atoms with Crippen LogP contribution in [0.25, 0.3) is 0 Å². The molecule has 0 radical (unpaired) electrons. The van der Waals surface area contributed by atoms with Gasteiger partial charge in [-0.1, -0.05) is 32.3 Å². The maximum Gasteiger partial charge on any atom is 0.240 e. The minimum atomic E-state index is -3.47. The Morgan fingerprint density at radius 1 is 1.10 bits per heavy atom. The van der Waals surface area contributed by atoms with E-state index < -0.39 is 10.0 Å². The number of hydrogen-bond donors (Lipinski definition) is 1. The molecule has 2 fully saturated rings. The van der Waals surface area contributed by atoms with Crippen molar-refractivity contribution in [1.82, 2.24) is 14.5 Å². The lowest BCUT2D eigenvalue weighted by Crippen LogP contribution is -2.43. The molecule has 1 N–H and O–H groups in total. The Balaban J connectivity index is 1.36. The molecule has 2 heterocycles. The molecule has 1 aliphatic carbocycles. The highest BCUT2D eigenvalue weighted by Crippen LogP contribution is 2.32. The van der Waals surface area contributed by atoms with E-state index in [4.69, 9.17) is 0 Å². The van der Waals surface area contributed by atoms with Crippen molar-refractivity contribution in [3.8, 4) is 0 Å². The average molecular weight is 448 g/mol. The van der Waals surface area contributed by atoms with Gasteiger partial charge in [0.2, 0.25) is 10.0 Å². The van der Waals surface area contributed by atoms with Gasteiger partial charge in [-0.3, -0.25) is 9.80 Å². The van der Waals surface area contributed by atoms with E-state index >= 15 is 0 Å². The van der Waals surface area contributed by atoms with E-state index in [1.54, 1.807) is 6.07 Å². The van der Waals surface area contributed by atoms with Crippen molar-refractivity contribution in [2.75, 3.05) is 32.7 Å². The van der Waals surface area contributed by atoms with Crippen LogP contribution in [0.15, 0.2) is 23.1 Å². The zero-order valence-electron chi connectivity index (χ0n) is 19.5. The molecule has 1 saturated carbocycles. The summed E-state index contributed by atoms with van der Waals surface area (Å²) in [5.74, 6) is 0.823. The maximum atomic E-state index is 13.0. The first-order chi connectivity index (χ1) is 14.9. The Morgan fingerprint density at radius 3 is 2.68 bits per heavy atom. The van der Waals surface area contributed by atoms with Gasteiger partial charge in [-0.15, -0.1) is 0 Å². The van der Waals surface area contributed by atoms with E-state index in [0.717, 1.165) is 51.4 Å². The van der Waals surface area contributed by atoms with E-state index in [1.165, 1.54) is 56.2 Å². The van der Waals surface area contributed by atoms with Crippen molar-refractivity contribution in [3.05, 3.63) is 29.3 Å². The molecule has 1 aromatic carbocycles. The Kier molecular flexibility index (Phi) is 7.41. The number of rotatable bonds is 8. The SMILES string of the molecule is CCN1CCCC1(C)CCNS(=O)(=O)c1ccc2c(c1)CN(CC1CCCCC1)CC2. The van der Waals surface area contributed by atoms with E-state index in [2.05, 4.69) is 28.4 Å². The summed E-state index contributed by atoms with van der Waals surface area (Å²) in [6, 6.07) is 5.77. The standard InChI is InChI=1S/C25H41N3O2S/c1-3-28-16-7-13-25(28,2)14-15-26-31(29,30)24-11-10-22-12-17-27(20-23(22)18-24)19-21-8-5-4-6-9-21/h10-11,18,21,26H,3-9,12-17,19-20H2,1-2H3. The van der Waals surface area contributed by atoms with Gasteiger partial charge in [0.1, 0.15) is 0 Å². The molecule has 0 aromatic heterocycles. The smallest absolute Gasteiger partial charge is 0.240 e. The first kappa shape index (κ1) is 23.2. The van der Waals surface area contributed by atoms with Crippen LogP contribution in [0.2, 0.25) is 0 Å². The van der Waals surface area contributed by atoms with Gasteiger partial charge in [0.05, 0.1) is 4.90 Å². The highest BCUT2D eigenvalue weighted by atomic mass is 32.2. The fourth-order valence-corrected chi connectivity index (χ4v) is 7.17. The number of nitrogens with zero attached hydrogens (tertiary/aromatic N) is 2. The third-order valence-electron chi connectivity index (χ3n) is 8.06. The van der Waals surface area contributed by atoms with Crippen molar-refractivity contribution in [1.29, 1.82) is 0 Å². The van der Waals surface area contributed by atoms with Gasteiger partial charge in [-0.25, -0.2) is 13.1 Å². The van der Waals surface area contributed by atoms with Crippen molar-refractivity contribution in [3.63, 3.8) is 0 Å². The monoisotopic (exact) mass is 447 g/mol. The molecule has 2 aliphatic heterocycles. The van der Waals surface area contributed by atoms with Gasteiger partial charge in [0.15, 0.2) is 0 Å². The molecule has 4 rings (SSSR count). The third kappa shape index (κ3) is 5.52. The van der Waals surface area contributed by atoms with Crippen LogP contribution in [0.1, 0.15) is 76.3 Å². The highest BCUT2D eigenvalue weighted by Gasteiger charge is 2.35. The van der Waals surface area contributed by atoms with Gasteiger partial charge in [0, 0.05) is 31.7 Å². The molecule has 0 spiro atoms. The van der Waals surface area contributed by atoms with Crippen LogP contribution >= 0.6 is 0 Å². The van der Waals surface area contributed by atoms with E-state index in [1.807, 2.05) is 12.1 Å². The number of benzene rings is 1. The van der Waals surface area contributed by atoms with E-state index in [9.17, 15) is 8.42 Å². The molecule has 174 valence electrons. The predicted molar refractivity (Wildman–Crippen MR) is 127 cm³/mol. The largest absolute Gasteiger partial charge is 0.298 e. The van der Waals surface area contributed by atoms with Crippen LogP contribution in [0.3, 0.4) is 0 Å². The molecule has 1 aromatic rings. The predicted octanol–water partition coefficient (Wildman–Crippen LogP) is 4.17. The molecular weight excluding hydrogens is 406 g/mol. The normalized spacial score (nSPS) is 26.3. The molecule has 1 atom stereocenters. The summed E-state index contributed by atoms with van der Waals surface area (Å²) in [4.78, 5) is 5.46. The first-order valence-electron chi connectivity index (χ1n) is 12.5. The number of fused-ring (bicyclic) bond motifs is 1. The lowest BCUT2D eigenvalue weighted by Gasteiger charge is -2.34. The number of nitrogens with one attached hydrogen (secondary N) is 1. The summed E-state index contributed by atoms with van der Waals surface area (Å²) in [5, 5.41) is 0. The molecule has 0 amide bonds. The zero-order valence-corrected chi connectivity index (χ0v) is 20.4. The van der Waals surface area contributed by atoms with Gasteiger partial charge < -0.3 is 0 Å².